The maximum absolute atomic E-state index is 12.3. The molecule has 6 heteroatoms. The van der Waals surface area contributed by atoms with Gasteiger partial charge in [0.15, 0.2) is 5.78 Å². The first-order valence-electron chi connectivity index (χ1n) is 6.67. The quantitative estimate of drug-likeness (QED) is 0.556. The van der Waals surface area contributed by atoms with Crippen LogP contribution in [0.15, 0.2) is 0 Å². The SMILES string of the molecule is CCCCCCCC(=O)N[C@H](CC(N)=O)C(=O)CF. The maximum Gasteiger partial charge on any atom is 0.220 e. The van der Waals surface area contributed by atoms with Gasteiger partial charge in [-0.25, -0.2) is 4.39 Å². The molecule has 110 valence electrons. The number of alkyl halides is 1. The summed E-state index contributed by atoms with van der Waals surface area (Å²) in [6, 6.07) is -1.13. The summed E-state index contributed by atoms with van der Waals surface area (Å²) >= 11 is 0. The Morgan fingerprint density at radius 3 is 2.32 bits per heavy atom. The van der Waals surface area contributed by atoms with E-state index in [2.05, 4.69) is 12.2 Å². The van der Waals surface area contributed by atoms with Gasteiger partial charge in [-0.2, -0.15) is 0 Å². The molecular formula is C13H23FN2O3. The summed E-state index contributed by atoms with van der Waals surface area (Å²) in [5, 5.41) is 2.36. The Kier molecular flexibility index (Phi) is 9.66. The molecule has 3 N–H and O–H groups in total. The lowest BCUT2D eigenvalue weighted by Gasteiger charge is -2.14. The maximum atomic E-state index is 12.3. The first-order valence-corrected chi connectivity index (χ1v) is 6.67. The fourth-order valence-electron chi connectivity index (χ4n) is 1.70. The summed E-state index contributed by atoms with van der Waals surface area (Å²) in [4.78, 5) is 33.5. The zero-order valence-electron chi connectivity index (χ0n) is 11.4. The highest BCUT2D eigenvalue weighted by Crippen LogP contribution is 2.05. The third-order valence-corrected chi connectivity index (χ3v) is 2.77. The minimum absolute atomic E-state index is 0.276. The van der Waals surface area contributed by atoms with Crippen LogP contribution in [0.3, 0.4) is 0 Å². The van der Waals surface area contributed by atoms with Gasteiger partial charge in [-0.05, 0) is 6.42 Å². The van der Waals surface area contributed by atoms with Crippen LogP contribution in [0, 0.1) is 0 Å². The molecule has 1 atom stereocenters. The van der Waals surface area contributed by atoms with E-state index in [1.54, 1.807) is 0 Å². The molecule has 0 aliphatic rings. The number of ketones is 1. The number of halogens is 1. The summed E-state index contributed by atoms with van der Waals surface area (Å²) < 4.78 is 12.3. The zero-order valence-corrected chi connectivity index (χ0v) is 11.4. The smallest absolute Gasteiger partial charge is 0.220 e. The number of carbonyl (C=O) groups is 3. The van der Waals surface area contributed by atoms with Gasteiger partial charge in [-0.1, -0.05) is 32.6 Å². The largest absolute Gasteiger partial charge is 0.370 e. The first-order chi connectivity index (χ1) is 9.01. The Labute approximate surface area is 113 Å². The third kappa shape index (κ3) is 9.16. The highest BCUT2D eigenvalue weighted by atomic mass is 19.1. The lowest BCUT2D eigenvalue weighted by Crippen LogP contribution is -2.44. The van der Waals surface area contributed by atoms with E-state index >= 15 is 0 Å². The molecule has 0 aliphatic heterocycles. The molecule has 0 spiro atoms. The topological polar surface area (TPSA) is 89.3 Å². The Hall–Kier alpha value is -1.46. The van der Waals surface area contributed by atoms with Gasteiger partial charge in [0.2, 0.25) is 11.8 Å². The van der Waals surface area contributed by atoms with Gasteiger partial charge in [0.05, 0.1) is 12.5 Å². The molecule has 0 aliphatic carbocycles. The number of hydrogen-bond acceptors (Lipinski definition) is 3. The summed E-state index contributed by atoms with van der Waals surface area (Å²) in [5.74, 6) is -1.90. The van der Waals surface area contributed by atoms with Crippen LogP contribution in [0.4, 0.5) is 4.39 Å². The highest BCUT2D eigenvalue weighted by molar-refractivity contribution is 5.93. The normalized spacial score (nSPS) is 11.9. The molecule has 0 fully saturated rings. The van der Waals surface area contributed by atoms with Crippen LogP contribution in [0.5, 0.6) is 0 Å². The molecule has 0 aromatic carbocycles. The van der Waals surface area contributed by atoms with Crippen LogP contribution in [-0.2, 0) is 14.4 Å². The van der Waals surface area contributed by atoms with Crippen molar-refractivity contribution in [3.63, 3.8) is 0 Å². The Bertz CT molecular complexity index is 308. The van der Waals surface area contributed by atoms with E-state index in [1.807, 2.05) is 0 Å². The van der Waals surface area contributed by atoms with Crippen LogP contribution in [0.2, 0.25) is 0 Å². The minimum atomic E-state index is -1.21. The van der Waals surface area contributed by atoms with Gasteiger partial charge < -0.3 is 11.1 Å². The van der Waals surface area contributed by atoms with Crippen molar-refractivity contribution < 1.29 is 18.8 Å². The van der Waals surface area contributed by atoms with Crippen LogP contribution in [-0.4, -0.2) is 30.3 Å². The molecule has 0 saturated carbocycles. The lowest BCUT2D eigenvalue weighted by molar-refractivity contribution is -0.130. The van der Waals surface area contributed by atoms with Crippen molar-refractivity contribution in [2.45, 2.75) is 57.9 Å². The molecule has 0 rings (SSSR count). The number of amides is 2. The Morgan fingerprint density at radius 1 is 1.16 bits per heavy atom. The monoisotopic (exact) mass is 274 g/mol. The average molecular weight is 274 g/mol. The van der Waals surface area contributed by atoms with E-state index in [1.165, 1.54) is 0 Å². The molecular weight excluding hydrogens is 251 g/mol. The highest BCUT2D eigenvalue weighted by Gasteiger charge is 2.22. The van der Waals surface area contributed by atoms with E-state index in [-0.39, 0.29) is 18.7 Å². The van der Waals surface area contributed by atoms with Gasteiger partial charge in [-0.3, -0.25) is 14.4 Å². The van der Waals surface area contributed by atoms with Crippen molar-refractivity contribution in [1.29, 1.82) is 0 Å². The van der Waals surface area contributed by atoms with Crippen molar-refractivity contribution in [3.05, 3.63) is 0 Å². The Morgan fingerprint density at radius 2 is 1.79 bits per heavy atom. The Balaban J connectivity index is 4.02. The molecule has 0 radical (unpaired) electrons. The van der Waals surface area contributed by atoms with Gasteiger partial charge in [0.25, 0.3) is 0 Å². The van der Waals surface area contributed by atoms with Crippen LogP contribution < -0.4 is 11.1 Å². The van der Waals surface area contributed by atoms with Crippen molar-refractivity contribution in [2.75, 3.05) is 6.67 Å². The fraction of sp³-hybridized carbons (Fsp3) is 0.769. The molecule has 0 unspecified atom stereocenters. The second kappa shape index (κ2) is 10.5. The number of primary amides is 1. The molecule has 0 aromatic heterocycles. The van der Waals surface area contributed by atoms with Crippen molar-refractivity contribution in [2.24, 2.45) is 5.73 Å². The summed E-state index contributed by atoms with van der Waals surface area (Å²) in [5.41, 5.74) is 4.95. The van der Waals surface area contributed by atoms with Crippen molar-refractivity contribution in [3.8, 4) is 0 Å². The minimum Gasteiger partial charge on any atom is -0.370 e. The number of nitrogens with two attached hydrogens (primary N) is 1. The molecule has 0 aromatic rings. The molecule has 2 amide bonds. The summed E-state index contributed by atoms with van der Waals surface area (Å²) in [6.07, 6.45) is 4.91. The van der Waals surface area contributed by atoms with Gasteiger partial charge in [0.1, 0.15) is 6.67 Å². The van der Waals surface area contributed by atoms with E-state index < -0.39 is 24.4 Å². The molecule has 0 saturated heterocycles. The summed E-state index contributed by atoms with van der Waals surface area (Å²) in [6.45, 7) is 0.887. The molecule has 0 bridgehead atoms. The second-order valence-electron chi connectivity index (χ2n) is 4.55. The van der Waals surface area contributed by atoms with Gasteiger partial charge in [-0.15, -0.1) is 0 Å². The number of nitrogens with one attached hydrogen (secondary N) is 1. The van der Waals surface area contributed by atoms with E-state index in [4.69, 9.17) is 5.73 Å². The number of carbonyl (C=O) groups excluding carboxylic acids is 3. The summed E-state index contributed by atoms with van der Waals surface area (Å²) in [7, 11) is 0. The zero-order chi connectivity index (χ0) is 14.7. The molecule has 5 nitrogen and oxygen atoms in total. The molecule has 19 heavy (non-hydrogen) atoms. The number of rotatable bonds is 11. The lowest BCUT2D eigenvalue weighted by atomic mass is 10.1. The van der Waals surface area contributed by atoms with Crippen molar-refractivity contribution in [1.82, 2.24) is 5.32 Å². The van der Waals surface area contributed by atoms with E-state index in [0.717, 1.165) is 32.1 Å². The average Bonchev–Trinajstić information content (AvgIpc) is 2.36. The van der Waals surface area contributed by atoms with Gasteiger partial charge >= 0.3 is 0 Å². The van der Waals surface area contributed by atoms with E-state index in [0.29, 0.717) is 0 Å². The fourth-order valence-corrected chi connectivity index (χ4v) is 1.70. The first kappa shape index (κ1) is 17.5. The molecule has 0 heterocycles. The van der Waals surface area contributed by atoms with Crippen LogP contribution >= 0.6 is 0 Å². The van der Waals surface area contributed by atoms with Crippen molar-refractivity contribution >= 4 is 17.6 Å². The predicted molar refractivity (Wildman–Crippen MR) is 70.1 cm³/mol. The number of unbranched alkanes of at least 4 members (excludes halogenated alkanes) is 4. The third-order valence-electron chi connectivity index (χ3n) is 2.77. The number of Topliss-reactive ketones (excluding diaryl/α,β-unsaturated/α-hetero) is 1. The van der Waals surface area contributed by atoms with Gasteiger partial charge in [0, 0.05) is 6.42 Å². The van der Waals surface area contributed by atoms with Crippen LogP contribution in [0.25, 0.3) is 0 Å². The predicted octanol–water partition coefficient (Wildman–Crippen LogP) is 1.25. The van der Waals surface area contributed by atoms with Crippen LogP contribution in [0.1, 0.15) is 51.9 Å². The second-order valence-corrected chi connectivity index (χ2v) is 4.55. The standard InChI is InChI=1S/C13H23FN2O3/c1-2-3-4-5-6-7-13(19)16-10(8-12(15)18)11(17)9-14/h10H,2-9H2,1H3,(H2,15,18)(H,16,19)/t10-/m1/s1. The van der Waals surface area contributed by atoms with E-state index in [9.17, 15) is 18.8 Å². The number of hydrogen-bond donors (Lipinski definition) is 2.